The number of aliphatic hydroxyl groups is 12. The van der Waals surface area contributed by atoms with Crippen molar-refractivity contribution >= 4 is 23.9 Å². The molecule has 460 valence electrons. The van der Waals surface area contributed by atoms with Crippen LogP contribution in [0, 0.1) is 5.41 Å². The van der Waals surface area contributed by atoms with Gasteiger partial charge < -0.3 is 139 Å². The van der Waals surface area contributed by atoms with E-state index in [-0.39, 0.29) is 0 Å². The van der Waals surface area contributed by atoms with Crippen LogP contribution < -0.4 is 28.4 Å². The van der Waals surface area contributed by atoms with E-state index >= 15 is 0 Å². The molecule has 32 heteroatoms. The second kappa shape index (κ2) is 32.5. The minimum atomic E-state index is -2.41. The zero-order valence-electron chi connectivity index (χ0n) is 43.7. The van der Waals surface area contributed by atoms with Gasteiger partial charge in [0.25, 0.3) is 0 Å². The van der Waals surface area contributed by atoms with E-state index in [4.69, 9.17) is 47.4 Å². The molecule has 0 saturated heterocycles. The third-order valence-corrected chi connectivity index (χ3v) is 11.0. The summed E-state index contributed by atoms with van der Waals surface area (Å²) in [5.74, 6) is -14.7. The number of phenolic OH excluding ortho intramolecular Hbond substituents is 6. The summed E-state index contributed by atoms with van der Waals surface area (Å²) in [4.78, 5) is 56.0. The van der Waals surface area contributed by atoms with Gasteiger partial charge in [0.05, 0.1) is 61.9 Å². The van der Waals surface area contributed by atoms with E-state index in [9.17, 15) is 111 Å². The highest BCUT2D eigenvalue weighted by Crippen LogP contribution is 2.42. The Bertz CT molecular complexity index is 2470. The highest BCUT2D eigenvalue weighted by atomic mass is 16.6. The van der Waals surface area contributed by atoms with E-state index in [0.29, 0.717) is 24.3 Å². The van der Waals surface area contributed by atoms with Gasteiger partial charge in [0.15, 0.2) is 57.5 Å². The first-order valence-electron chi connectivity index (χ1n) is 24.5. The maximum absolute atomic E-state index is 14.3. The van der Waals surface area contributed by atoms with Gasteiger partial charge in [-0.15, -0.1) is 0 Å². The summed E-state index contributed by atoms with van der Waals surface area (Å²) in [7, 11) is 0. The molecule has 4 rings (SSSR count). The minimum absolute atomic E-state index is 0.444. The van der Waals surface area contributed by atoms with Crippen LogP contribution in [0.3, 0.4) is 0 Å². The van der Waals surface area contributed by atoms with Crippen LogP contribution in [0.5, 0.6) is 69.0 Å². The predicted molar refractivity (Wildman–Crippen MR) is 271 cm³/mol. The summed E-state index contributed by atoms with van der Waals surface area (Å²) in [6, 6.07) is 6.24. The molecule has 0 saturated carbocycles. The van der Waals surface area contributed by atoms with Crippen LogP contribution in [0.15, 0.2) is 48.5 Å². The third-order valence-electron chi connectivity index (χ3n) is 11.0. The van der Waals surface area contributed by atoms with Crippen LogP contribution in [0.2, 0.25) is 0 Å². The summed E-state index contributed by atoms with van der Waals surface area (Å²) in [5, 5.41) is 178. The number of hydrogen-bond acceptors (Lipinski definition) is 32. The molecule has 6 atom stereocenters. The van der Waals surface area contributed by atoms with Crippen LogP contribution in [0.1, 0.15) is 41.4 Å². The fourth-order valence-corrected chi connectivity index (χ4v) is 6.42. The first kappa shape index (κ1) is 67.4. The number of benzene rings is 4. The average Bonchev–Trinajstić information content (AvgIpc) is 3.59. The quantitative estimate of drug-likeness (QED) is 0.0117. The van der Waals surface area contributed by atoms with Crippen molar-refractivity contribution in [1.29, 1.82) is 0 Å². The summed E-state index contributed by atoms with van der Waals surface area (Å²) >= 11 is 0. The SMILES string of the molecule is O=C(OCC(COC(=O)c1cc(O)c(O)c(O)c1)(COC(=O)c1cc(OCC(O)CO)c(OCC(O)CO)c(OCC(O)CO)c1)COC(=O)c1cc(OCC(O)CO)c(OCC(O)CO)c(OCC(O)CO)c1)c1cc(O)c(O)c(O)c1. The number of aliphatic hydroxyl groups excluding tert-OH is 12. The highest BCUT2D eigenvalue weighted by molar-refractivity contribution is 5.93. The molecule has 0 aliphatic rings. The smallest absolute Gasteiger partial charge is 0.338 e. The fraction of sp³-hybridized carbons (Fsp3) is 0.451. The van der Waals surface area contributed by atoms with Crippen molar-refractivity contribution < 1.29 is 158 Å². The Morgan fingerprint density at radius 3 is 0.723 bits per heavy atom. The van der Waals surface area contributed by atoms with Crippen LogP contribution >= 0.6 is 0 Å². The molecule has 83 heavy (non-hydrogen) atoms. The van der Waals surface area contributed by atoms with Crippen molar-refractivity contribution in [3.63, 3.8) is 0 Å². The zero-order valence-corrected chi connectivity index (χ0v) is 43.7. The van der Waals surface area contributed by atoms with E-state index in [2.05, 4.69) is 0 Å². The second-order valence-electron chi connectivity index (χ2n) is 18.0. The summed E-state index contributed by atoms with van der Waals surface area (Å²) in [5.41, 5.74) is -4.84. The van der Waals surface area contributed by atoms with Crippen molar-refractivity contribution in [2.45, 2.75) is 36.6 Å². The number of carbonyl (C=O) groups excluding carboxylic acids is 4. The number of rotatable bonds is 36. The number of carbonyl (C=O) groups is 4. The molecule has 0 spiro atoms. The summed E-state index contributed by atoms with van der Waals surface area (Å²) < 4.78 is 56.0. The standard InChI is InChI=1S/C51H64O32/c52-9-29(58)15-74-39-5-27(6-40(75-16-30(59)10-53)45(39)78-19-33(62)13-56)49(72)82-23-51(21-80-47(70)25-1-35(64)43(68)36(65)2-25,22-81-48(71)26-3-37(66)44(69)38(67)4-26)24-83-50(73)28-7-41(76-17-31(60)11-54)46(79-20-34(63)14-57)42(8-28)77-18-32(61)12-55/h1-8,29-34,52-69H,9-24H2. The lowest BCUT2D eigenvalue weighted by Gasteiger charge is -2.32. The molecular formula is C51H64O32. The highest BCUT2D eigenvalue weighted by Gasteiger charge is 2.40. The number of ether oxygens (including phenoxy) is 10. The monoisotopic (exact) mass is 1190 g/mol. The van der Waals surface area contributed by atoms with Crippen molar-refractivity contribution in [3.8, 4) is 69.0 Å². The Morgan fingerprint density at radius 2 is 0.518 bits per heavy atom. The molecule has 4 aromatic rings. The number of aromatic hydroxyl groups is 6. The molecule has 18 N–H and O–H groups in total. The number of esters is 4. The van der Waals surface area contributed by atoms with Crippen LogP contribution in [0.25, 0.3) is 0 Å². The van der Waals surface area contributed by atoms with E-state index in [1.54, 1.807) is 0 Å². The second-order valence-corrected chi connectivity index (χ2v) is 18.0. The van der Waals surface area contributed by atoms with E-state index in [1.807, 2.05) is 0 Å². The van der Waals surface area contributed by atoms with Gasteiger partial charge in [-0.3, -0.25) is 0 Å². The Kier molecular flexibility index (Phi) is 26.4. The molecule has 0 bridgehead atoms. The molecule has 6 unspecified atom stereocenters. The molecule has 0 aliphatic carbocycles. The lowest BCUT2D eigenvalue weighted by Crippen LogP contribution is -2.44. The first-order chi connectivity index (χ1) is 39.4. The lowest BCUT2D eigenvalue weighted by molar-refractivity contribution is -0.0643. The van der Waals surface area contributed by atoms with Gasteiger partial charge in [-0.1, -0.05) is 0 Å². The largest absolute Gasteiger partial charge is 0.504 e. The molecule has 0 fully saturated rings. The first-order valence-corrected chi connectivity index (χ1v) is 24.5. The van der Waals surface area contributed by atoms with Gasteiger partial charge in [-0.25, -0.2) is 19.2 Å². The maximum Gasteiger partial charge on any atom is 0.338 e. The van der Waals surface area contributed by atoms with Crippen molar-refractivity contribution in [2.24, 2.45) is 5.41 Å². The van der Waals surface area contributed by atoms with E-state index in [1.165, 1.54) is 0 Å². The molecule has 0 amide bonds. The van der Waals surface area contributed by atoms with E-state index < -0.39 is 263 Å². The Labute approximate surface area is 469 Å². The lowest BCUT2D eigenvalue weighted by atomic mass is 9.92. The zero-order chi connectivity index (χ0) is 61.6. The van der Waals surface area contributed by atoms with Gasteiger partial charge in [-0.05, 0) is 48.5 Å². The van der Waals surface area contributed by atoms with Crippen LogP contribution in [-0.4, -0.2) is 258 Å². The maximum atomic E-state index is 14.3. The predicted octanol–water partition coefficient (Wildman–Crippen LogP) is -3.97. The molecule has 0 radical (unpaired) electrons. The minimum Gasteiger partial charge on any atom is -0.504 e. The van der Waals surface area contributed by atoms with Crippen molar-refractivity contribution in [1.82, 2.24) is 0 Å². The average molecular weight is 1190 g/mol. The Hall–Kier alpha value is -8.12. The number of hydrogen-bond donors (Lipinski definition) is 18. The normalized spacial score (nSPS) is 13.5. The van der Waals surface area contributed by atoms with Crippen molar-refractivity contribution in [3.05, 3.63) is 70.8 Å². The van der Waals surface area contributed by atoms with Crippen molar-refractivity contribution in [2.75, 3.05) is 106 Å². The van der Waals surface area contributed by atoms with Gasteiger partial charge in [0.1, 0.15) is 108 Å². The van der Waals surface area contributed by atoms with Gasteiger partial charge in [0, 0.05) is 0 Å². The summed E-state index contributed by atoms with van der Waals surface area (Å²) in [6.07, 6.45) is -9.30. The third kappa shape index (κ3) is 20.1. The molecule has 0 aromatic heterocycles. The van der Waals surface area contributed by atoms with Gasteiger partial charge >= 0.3 is 23.9 Å². The van der Waals surface area contributed by atoms with Gasteiger partial charge in [-0.2, -0.15) is 0 Å². The molecule has 0 heterocycles. The van der Waals surface area contributed by atoms with E-state index in [0.717, 1.165) is 24.3 Å². The Balaban J connectivity index is 1.93. The van der Waals surface area contributed by atoms with Crippen LogP contribution in [0.4, 0.5) is 0 Å². The molecular weight excluding hydrogens is 1120 g/mol. The summed E-state index contributed by atoms with van der Waals surface area (Å²) in [6.45, 7) is -13.9. The molecule has 4 aromatic carbocycles. The fourth-order valence-electron chi connectivity index (χ4n) is 6.42. The molecule has 32 nitrogen and oxygen atoms in total. The number of phenols is 6. The molecule has 0 aliphatic heterocycles. The van der Waals surface area contributed by atoms with Crippen LogP contribution in [-0.2, 0) is 18.9 Å². The Morgan fingerprint density at radius 1 is 0.325 bits per heavy atom. The van der Waals surface area contributed by atoms with Gasteiger partial charge in [0.2, 0.25) is 11.5 Å². The topological polar surface area (TPSA) is 525 Å².